The average molecular weight is 247 g/mol. The van der Waals surface area contributed by atoms with Gasteiger partial charge in [0, 0.05) is 5.69 Å². The van der Waals surface area contributed by atoms with Crippen molar-refractivity contribution in [1.82, 2.24) is 9.97 Å². The molecular formula is C13H17N3O2. The standard InChI is InChI=1S/C13H17N3O2/c1-7(2)8(3)18-13-15-11-5-4-9(14)6-10(11)12(17)16-13/h4-8H,14H2,1-3H3,(H,15,16,17). The Balaban J connectivity index is 2.43. The number of H-pyrrole nitrogens is 1. The number of nitrogens with two attached hydrogens (primary N) is 1. The summed E-state index contributed by atoms with van der Waals surface area (Å²) in [6, 6.07) is 5.28. The number of nitrogen functional groups attached to an aromatic ring is 1. The van der Waals surface area contributed by atoms with E-state index in [1.165, 1.54) is 0 Å². The van der Waals surface area contributed by atoms with E-state index in [0.717, 1.165) is 0 Å². The Bertz CT molecular complexity index is 619. The van der Waals surface area contributed by atoms with Crippen LogP contribution in [0.2, 0.25) is 0 Å². The minimum absolute atomic E-state index is 0.0145. The molecule has 0 saturated carbocycles. The van der Waals surface area contributed by atoms with E-state index in [0.29, 0.717) is 22.5 Å². The second kappa shape index (κ2) is 4.68. The van der Waals surface area contributed by atoms with Crippen LogP contribution in [-0.4, -0.2) is 16.1 Å². The molecule has 5 nitrogen and oxygen atoms in total. The summed E-state index contributed by atoms with van der Waals surface area (Å²) in [6.07, 6.45) is -0.0145. The van der Waals surface area contributed by atoms with Crippen LogP contribution in [0.15, 0.2) is 23.0 Å². The molecule has 18 heavy (non-hydrogen) atoms. The molecule has 0 radical (unpaired) electrons. The summed E-state index contributed by atoms with van der Waals surface area (Å²) in [5.74, 6) is 0.345. The number of hydrogen-bond donors (Lipinski definition) is 2. The van der Waals surface area contributed by atoms with E-state index < -0.39 is 0 Å². The van der Waals surface area contributed by atoms with Crippen LogP contribution in [0.25, 0.3) is 10.9 Å². The third-order valence-electron chi connectivity index (χ3n) is 2.94. The van der Waals surface area contributed by atoms with Gasteiger partial charge in [0.25, 0.3) is 11.6 Å². The monoisotopic (exact) mass is 247 g/mol. The van der Waals surface area contributed by atoms with Crippen molar-refractivity contribution < 1.29 is 4.74 Å². The SMILES string of the molecule is CC(C)C(C)Oc1nc2ccc(N)cc2c(=O)[nH]1. The molecule has 2 rings (SSSR count). The van der Waals surface area contributed by atoms with Crippen LogP contribution in [0.5, 0.6) is 6.01 Å². The summed E-state index contributed by atoms with van der Waals surface area (Å²) < 4.78 is 5.60. The maximum Gasteiger partial charge on any atom is 0.297 e. The zero-order valence-electron chi connectivity index (χ0n) is 10.7. The zero-order chi connectivity index (χ0) is 13.3. The van der Waals surface area contributed by atoms with Crippen LogP contribution in [0.3, 0.4) is 0 Å². The van der Waals surface area contributed by atoms with E-state index in [1.54, 1.807) is 18.2 Å². The van der Waals surface area contributed by atoms with Gasteiger partial charge in [0.15, 0.2) is 0 Å². The Morgan fingerprint density at radius 1 is 1.33 bits per heavy atom. The molecule has 0 aliphatic rings. The summed E-state index contributed by atoms with van der Waals surface area (Å²) in [5, 5.41) is 0.472. The van der Waals surface area contributed by atoms with Crippen molar-refractivity contribution in [2.24, 2.45) is 5.92 Å². The number of ether oxygens (including phenoxy) is 1. The number of hydrogen-bond acceptors (Lipinski definition) is 4. The molecule has 2 aromatic rings. The number of rotatable bonds is 3. The van der Waals surface area contributed by atoms with Gasteiger partial charge in [-0.15, -0.1) is 0 Å². The lowest BCUT2D eigenvalue weighted by molar-refractivity contribution is 0.156. The van der Waals surface area contributed by atoms with Crippen LogP contribution < -0.4 is 16.0 Å². The third-order valence-corrected chi connectivity index (χ3v) is 2.94. The first kappa shape index (κ1) is 12.4. The molecule has 96 valence electrons. The van der Waals surface area contributed by atoms with E-state index in [1.807, 2.05) is 20.8 Å². The van der Waals surface area contributed by atoms with Crippen LogP contribution in [-0.2, 0) is 0 Å². The van der Waals surface area contributed by atoms with Gasteiger partial charge in [0.2, 0.25) is 0 Å². The first-order chi connectivity index (χ1) is 8.47. The van der Waals surface area contributed by atoms with Crippen LogP contribution in [0.1, 0.15) is 20.8 Å². The molecule has 1 heterocycles. The van der Waals surface area contributed by atoms with Gasteiger partial charge in [-0.1, -0.05) is 13.8 Å². The first-order valence-electron chi connectivity index (χ1n) is 5.93. The molecule has 1 aromatic carbocycles. The largest absolute Gasteiger partial charge is 0.461 e. The number of nitrogens with zero attached hydrogens (tertiary/aromatic N) is 1. The third kappa shape index (κ3) is 2.45. The number of anilines is 1. The van der Waals surface area contributed by atoms with Crippen LogP contribution in [0.4, 0.5) is 5.69 Å². The maximum absolute atomic E-state index is 11.9. The normalized spacial score (nSPS) is 12.9. The highest BCUT2D eigenvalue weighted by Gasteiger charge is 2.11. The minimum atomic E-state index is -0.238. The Morgan fingerprint density at radius 2 is 2.06 bits per heavy atom. The van der Waals surface area contributed by atoms with Gasteiger partial charge in [-0.2, -0.15) is 4.98 Å². The zero-order valence-corrected chi connectivity index (χ0v) is 10.7. The van der Waals surface area contributed by atoms with Crippen molar-refractivity contribution in [3.63, 3.8) is 0 Å². The molecule has 0 saturated heterocycles. The van der Waals surface area contributed by atoms with Crippen molar-refractivity contribution in [1.29, 1.82) is 0 Å². The number of aromatic amines is 1. The van der Waals surface area contributed by atoms with Gasteiger partial charge in [-0.3, -0.25) is 9.78 Å². The Labute approximate surface area is 105 Å². The fourth-order valence-corrected chi connectivity index (χ4v) is 1.50. The lowest BCUT2D eigenvalue weighted by atomic mass is 10.1. The fourth-order valence-electron chi connectivity index (χ4n) is 1.50. The summed E-state index contributed by atoms with van der Waals surface area (Å²) in [4.78, 5) is 18.8. The molecule has 0 aliphatic heterocycles. The Kier molecular flexibility index (Phi) is 3.23. The molecule has 0 aliphatic carbocycles. The second-order valence-electron chi connectivity index (χ2n) is 4.71. The Morgan fingerprint density at radius 3 is 2.72 bits per heavy atom. The summed E-state index contributed by atoms with van der Waals surface area (Å²) in [5.41, 5.74) is 6.52. The number of aromatic nitrogens is 2. The van der Waals surface area contributed by atoms with E-state index in [4.69, 9.17) is 10.5 Å². The van der Waals surface area contributed by atoms with Gasteiger partial charge in [0.05, 0.1) is 10.9 Å². The predicted molar refractivity (Wildman–Crippen MR) is 71.7 cm³/mol. The van der Waals surface area contributed by atoms with E-state index in [-0.39, 0.29) is 17.7 Å². The summed E-state index contributed by atoms with van der Waals surface area (Å²) in [6.45, 7) is 6.03. The predicted octanol–water partition coefficient (Wildman–Crippen LogP) is 1.93. The molecule has 0 bridgehead atoms. The fraction of sp³-hybridized carbons (Fsp3) is 0.385. The van der Waals surface area contributed by atoms with Gasteiger partial charge < -0.3 is 10.5 Å². The lowest BCUT2D eigenvalue weighted by Crippen LogP contribution is -2.22. The van der Waals surface area contributed by atoms with Crippen molar-refractivity contribution in [2.75, 3.05) is 5.73 Å². The number of nitrogens with one attached hydrogen (secondary N) is 1. The first-order valence-corrected chi connectivity index (χ1v) is 5.93. The summed E-state index contributed by atoms with van der Waals surface area (Å²) in [7, 11) is 0. The Hall–Kier alpha value is -2.04. The van der Waals surface area contributed by atoms with Gasteiger partial charge in [0.1, 0.15) is 6.10 Å². The molecule has 1 atom stereocenters. The van der Waals surface area contributed by atoms with E-state index >= 15 is 0 Å². The molecule has 3 N–H and O–H groups in total. The summed E-state index contributed by atoms with van der Waals surface area (Å²) >= 11 is 0. The van der Waals surface area contributed by atoms with Crippen molar-refractivity contribution >= 4 is 16.6 Å². The lowest BCUT2D eigenvalue weighted by Gasteiger charge is -2.16. The molecule has 0 fully saturated rings. The second-order valence-corrected chi connectivity index (χ2v) is 4.71. The van der Waals surface area contributed by atoms with Crippen molar-refractivity contribution in [3.8, 4) is 6.01 Å². The minimum Gasteiger partial charge on any atom is -0.461 e. The van der Waals surface area contributed by atoms with Crippen LogP contribution >= 0.6 is 0 Å². The van der Waals surface area contributed by atoms with Crippen LogP contribution in [0, 0.1) is 5.92 Å². The quantitative estimate of drug-likeness (QED) is 0.812. The highest BCUT2D eigenvalue weighted by atomic mass is 16.5. The highest BCUT2D eigenvalue weighted by Crippen LogP contribution is 2.15. The van der Waals surface area contributed by atoms with Gasteiger partial charge in [-0.05, 0) is 31.0 Å². The molecule has 5 heteroatoms. The van der Waals surface area contributed by atoms with Crippen molar-refractivity contribution in [2.45, 2.75) is 26.9 Å². The van der Waals surface area contributed by atoms with Crippen molar-refractivity contribution in [3.05, 3.63) is 28.6 Å². The average Bonchev–Trinajstić information content (AvgIpc) is 2.30. The maximum atomic E-state index is 11.9. The molecule has 0 spiro atoms. The molecule has 1 unspecified atom stereocenters. The highest BCUT2D eigenvalue weighted by molar-refractivity contribution is 5.81. The molecule has 0 amide bonds. The van der Waals surface area contributed by atoms with Gasteiger partial charge >= 0.3 is 0 Å². The molecular weight excluding hydrogens is 230 g/mol. The van der Waals surface area contributed by atoms with E-state index in [9.17, 15) is 4.79 Å². The number of benzene rings is 1. The number of fused-ring (bicyclic) bond motifs is 1. The smallest absolute Gasteiger partial charge is 0.297 e. The van der Waals surface area contributed by atoms with E-state index in [2.05, 4.69) is 9.97 Å². The topological polar surface area (TPSA) is 81.0 Å². The molecule has 1 aromatic heterocycles. The van der Waals surface area contributed by atoms with Gasteiger partial charge in [-0.25, -0.2) is 0 Å².